The van der Waals surface area contributed by atoms with Crippen molar-refractivity contribution in [2.45, 2.75) is 18.6 Å². The summed E-state index contributed by atoms with van der Waals surface area (Å²) in [7, 11) is 0. The molecule has 0 aliphatic heterocycles. The summed E-state index contributed by atoms with van der Waals surface area (Å²) in [6.07, 6.45) is 0. The topological polar surface area (TPSA) is 59.8 Å². The van der Waals surface area contributed by atoms with E-state index in [0.29, 0.717) is 23.1 Å². The van der Waals surface area contributed by atoms with E-state index in [1.807, 2.05) is 6.92 Å². The maximum atomic E-state index is 13.6. The van der Waals surface area contributed by atoms with Crippen molar-refractivity contribution >= 4 is 23.4 Å². The Morgan fingerprint density at radius 1 is 1.15 bits per heavy atom. The number of aromatic nitrogens is 3. The van der Waals surface area contributed by atoms with E-state index in [-0.39, 0.29) is 23.2 Å². The average molecular weight is 374 g/mol. The van der Waals surface area contributed by atoms with E-state index < -0.39 is 5.82 Å². The third-order valence-corrected chi connectivity index (χ3v) is 4.56. The van der Waals surface area contributed by atoms with Crippen molar-refractivity contribution < 1.29 is 13.6 Å². The average Bonchev–Trinajstić information content (AvgIpc) is 3.05. The maximum absolute atomic E-state index is 13.6. The van der Waals surface area contributed by atoms with Gasteiger partial charge in [-0.3, -0.25) is 4.79 Å². The lowest BCUT2D eigenvalue weighted by Gasteiger charge is -2.08. The van der Waals surface area contributed by atoms with Crippen molar-refractivity contribution in [2.24, 2.45) is 0 Å². The van der Waals surface area contributed by atoms with Crippen LogP contribution in [0.2, 0.25) is 0 Å². The van der Waals surface area contributed by atoms with Gasteiger partial charge in [-0.2, -0.15) is 0 Å². The number of carbonyl (C=O) groups is 1. The summed E-state index contributed by atoms with van der Waals surface area (Å²) in [5.74, 6) is -0.611. The number of hydrogen-bond acceptors (Lipinski definition) is 4. The maximum Gasteiger partial charge on any atom is 0.234 e. The molecule has 134 valence electrons. The number of amides is 1. The molecule has 8 heteroatoms. The van der Waals surface area contributed by atoms with Crippen molar-refractivity contribution in [2.75, 3.05) is 11.1 Å². The lowest BCUT2D eigenvalue weighted by Crippen LogP contribution is -2.15. The van der Waals surface area contributed by atoms with Crippen LogP contribution < -0.4 is 5.32 Å². The van der Waals surface area contributed by atoms with Gasteiger partial charge in [-0.25, -0.2) is 8.78 Å². The summed E-state index contributed by atoms with van der Waals surface area (Å²) in [4.78, 5) is 12.1. The van der Waals surface area contributed by atoms with Crippen LogP contribution >= 0.6 is 11.8 Å². The summed E-state index contributed by atoms with van der Waals surface area (Å²) < 4.78 is 28.8. The van der Waals surface area contributed by atoms with Crippen LogP contribution in [-0.2, 0) is 11.3 Å². The molecule has 0 fully saturated rings. The van der Waals surface area contributed by atoms with E-state index in [0.717, 1.165) is 0 Å². The number of para-hydroxylation sites is 1. The van der Waals surface area contributed by atoms with Crippen molar-refractivity contribution in [3.05, 3.63) is 60.2 Å². The van der Waals surface area contributed by atoms with Gasteiger partial charge in [0.05, 0.1) is 11.4 Å². The fourth-order valence-corrected chi connectivity index (χ4v) is 3.20. The molecule has 26 heavy (non-hydrogen) atoms. The number of carbonyl (C=O) groups excluding carboxylic acids is 1. The third kappa shape index (κ3) is 4.08. The van der Waals surface area contributed by atoms with E-state index in [2.05, 4.69) is 15.5 Å². The van der Waals surface area contributed by atoms with Crippen LogP contribution in [0.15, 0.2) is 53.7 Å². The van der Waals surface area contributed by atoms with Gasteiger partial charge in [-0.05, 0) is 31.2 Å². The Morgan fingerprint density at radius 3 is 2.69 bits per heavy atom. The quantitative estimate of drug-likeness (QED) is 0.663. The number of thioether (sulfide) groups is 1. The largest absolute Gasteiger partial charge is 0.323 e. The molecule has 5 nitrogen and oxygen atoms in total. The second kappa shape index (κ2) is 8.09. The number of benzene rings is 2. The Hall–Kier alpha value is -2.74. The first-order valence-electron chi connectivity index (χ1n) is 7.94. The normalized spacial score (nSPS) is 10.7. The minimum atomic E-state index is -0.490. The smallest absolute Gasteiger partial charge is 0.234 e. The third-order valence-electron chi connectivity index (χ3n) is 3.60. The molecule has 0 aliphatic carbocycles. The fourth-order valence-electron chi connectivity index (χ4n) is 2.40. The first-order chi connectivity index (χ1) is 12.6. The lowest BCUT2D eigenvalue weighted by atomic mass is 10.2. The molecule has 0 atom stereocenters. The first-order valence-corrected chi connectivity index (χ1v) is 8.93. The zero-order valence-corrected chi connectivity index (χ0v) is 14.8. The molecule has 1 N–H and O–H groups in total. The number of nitrogens with one attached hydrogen (secondary N) is 1. The van der Waals surface area contributed by atoms with Gasteiger partial charge >= 0.3 is 0 Å². The molecular formula is C18H16F2N4OS. The van der Waals surface area contributed by atoms with Crippen LogP contribution in [0.1, 0.15) is 6.92 Å². The second-order valence-corrected chi connectivity index (χ2v) is 6.32. The second-order valence-electron chi connectivity index (χ2n) is 5.38. The highest BCUT2D eigenvalue weighted by Crippen LogP contribution is 2.24. The van der Waals surface area contributed by atoms with Gasteiger partial charge in [0.2, 0.25) is 5.91 Å². The number of halogens is 2. The highest BCUT2D eigenvalue weighted by atomic mass is 32.2. The van der Waals surface area contributed by atoms with Crippen LogP contribution in [0.25, 0.3) is 11.4 Å². The standard InChI is InChI=1S/C18H16F2N4OS/c1-2-24-17(12-6-5-7-13(19)10-12)22-23-18(24)26-11-16(25)21-15-9-4-3-8-14(15)20/h3-10H,2,11H2,1H3,(H,21,25). The van der Waals surface area contributed by atoms with E-state index in [1.165, 1.54) is 36.0 Å². The molecule has 0 saturated carbocycles. The van der Waals surface area contributed by atoms with Crippen LogP contribution in [0, 0.1) is 11.6 Å². The van der Waals surface area contributed by atoms with Gasteiger partial charge in [0.15, 0.2) is 11.0 Å². The molecule has 0 radical (unpaired) electrons. The van der Waals surface area contributed by atoms with Crippen LogP contribution in [0.3, 0.4) is 0 Å². The Labute approximate surface area is 153 Å². The summed E-state index contributed by atoms with van der Waals surface area (Å²) in [6.45, 7) is 2.48. The lowest BCUT2D eigenvalue weighted by molar-refractivity contribution is -0.113. The van der Waals surface area contributed by atoms with Crippen molar-refractivity contribution in [1.29, 1.82) is 0 Å². The predicted octanol–water partition coefficient (Wildman–Crippen LogP) is 3.97. The highest BCUT2D eigenvalue weighted by molar-refractivity contribution is 7.99. The molecule has 3 aromatic rings. The van der Waals surface area contributed by atoms with E-state index >= 15 is 0 Å². The zero-order valence-electron chi connectivity index (χ0n) is 13.9. The van der Waals surface area contributed by atoms with Gasteiger partial charge < -0.3 is 9.88 Å². The Morgan fingerprint density at radius 2 is 1.96 bits per heavy atom. The van der Waals surface area contributed by atoms with Gasteiger partial charge in [0.25, 0.3) is 0 Å². The van der Waals surface area contributed by atoms with Crippen LogP contribution in [-0.4, -0.2) is 26.4 Å². The van der Waals surface area contributed by atoms with Crippen LogP contribution in [0.5, 0.6) is 0 Å². The Bertz CT molecular complexity index is 929. The molecule has 0 spiro atoms. The molecule has 0 aliphatic rings. The SMILES string of the molecule is CCn1c(SCC(=O)Nc2ccccc2F)nnc1-c1cccc(F)c1. The summed E-state index contributed by atoms with van der Waals surface area (Å²) >= 11 is 1.19. The number of rotatable bonds is 6. The number of nitrogens with zero attached hydrogens (tertiary/aromatic N) is 3. The number of anilines is 1. The van der Waals surface area contributed by atoms with Gasteiger partial charge in [0, 0.05) is 12.1 Å². The van der Waals surface area contributed by atoms with Gasteiger partial charge in [0.1, 0.15) is 11.6 Å². The molecule has 1 amide bonds. The van der Waals surface area contributed by atoms with Crippen molar-refractivity contribution in [3.8, 4) is 11.4 Å². The molecule has 3 rings (SSSR count). The monoisotopic (exact) mass is 374 g/mol. The van der Waals surface area contributed by atoms with Gasteiger partial charge in [-0.1, -0.05) is 36.0 Å². The first kappa shape index (κ1) is 18.1. The summed E-state index contributed by atoms with van der Waals surface area (Å²) in [6, 6.07) is 12.1. The Balaban J connectivity index is 1.71. The molecule has 1 heterocycles. The van der Waals surface area contributed by atoms with Crippen molar-refractivity contribution in [3.63, 3.8) is 0 Å². The van der Waals surface area contributed by atoms with E-state index in [1.54, 1.807) is 28.8 Å². The summed E-state index contributed by atoms with van der Waals surface area (Å²) in [5, 5.41) is 11.3. The minimum absolute atomic E-state index is 0.0512. The summed E-state index contributed by atoms with van der Waals surface area (Å²) in [5.41, 5.74) is 0.748. The minimum Gasteiger partial charge on any atom is -0.323 e. The van der Waals surface area contributed by atoms with E-state index in [9.17, 15) is 13.6 Å². The molecule has 0 bridgehead atoms. The van der Waals surface area contributed by atoms with Gasteiger partial charge in [-0.15, -0.1) is 10.2 Å². The highest BCUT2D eigenvalue weighted by Gasteiger charge is 2.15. The van der Waals surface area contributed by atoms with Crippen LogP contribution in [0.4, 0.5) is 14.5 Å². The van der Waals surface area contributed by atoms with Crippen molar-refractivity contribution in [1.82, 2.24) is 14.8 Å². The molecule has 0 unspecified atom stereocenters. The zero-order chi connectivity index (χ0) is 18.5. The van der Waals surface area contributed by atoms with E-state index in [4.69, 9.17) is 0 Å². The number of hydrogen-bond donors (Lipinski definition) is 1. The molecule has 0 saturated heterocycles. The fraction of sp³-hybridized carbons (Fsp3) is 0.167. The molecular weight excluding hydrogens is 358 g/mol. The Kier molecular flexibility index (Phi) is 5.62. The molecule has 2 aromatic carbocycles. The predicted molar refractivity (Wildman–Crippen MR) is 96.8 cm³/mol. The molecule has 1 aromatic heterocycles.